The second-order valence-electron chi connectivity index (χ2n) is 6.69. The van der Waals surface area contributed by atoms with Crippen LogP contribution >= 0.6 is 0 Å². The van der Waals surface area contributed by atoms with Gasteiger partial charge in [0.25, 0.3) is 0 Å². The number of carbonyl (C=O) groups excluding carboxylic acids is 1. The highest BCUT2D eigenvalue weighted by atomic mass is 16.2. The first kappa shape index (κ1) is 15.5. The molecule has 1 aliphatic heterocycles. The summed E-state index contributed by atoms with van der Waals surface area (Å²) in [5, 5.41) is 3.14. The summed E-state index contributed by atoms with van der Waals surface area (Å²) in [6.07, 6.45) is 8.35. The Labute approximate surface area is 133 Å². The number of likely N-dealkylation sites (tertiary alicyclic amines) is 1. The zero-order chi connectivity index (χ0) is 15.4. The third-order valence-electron chi connectivity index (χ3n) is 5.25. The maximum absolute atomic E-state index is 12.2. The molecule has 1 aromatic rings. The van der Waals surface area contributed by atoms with Crippen molar-refractivity contribution >= 4 is 5.91 Å². The summed E-state index contributed by atoms with van der Waals surface area (Å²) in [4.78, 5) is 18.8. The number of hydrogen-bond acceptors (Lipinski definition) is 3. The van der Waals surface area contributed by atoms with Gasteiger partial charge in [0, 0.05) is 24.9 Å². The molecule has 0 aromatic carbocycles. The molecule has 1 N–H and O–H groups in total. The standard InChI is InChI=1S/C18H27N3O/c1-2-21-10-6-14(7-11-21)5-9-20-18(22)17-12-16(17)15-4-3-8-19-13-15/h3-4,8,13-14,16-17H,2,5-7,9-12H2,1H3,(H,20,22)/t16-,17-/m0/s1. The van der Waals surface area contributed by atoms with Gasteiger partial charge in [-0.2, -0.15) is 0 Å². The van der Waals surface area contributed by atoms with Crippen LogP contribution < -0.4 is 5.32 Å². The Bertz CT molecular complexity index is 482. The van der Waals surface area contributed by atoms with Crippen molar-refractivity contribution in [3.05, 3.63) is 30.1 Å². The van der Waals surface area contributed by atoms with E-state index in [0.717, 1.165) is 25.3 Å². The van der Waals surface area contributed by atoms with Gasteiger partial charge in [-0.15, -0.1) is 0 Å². The van der Waals surface area contributed by atoms with E-state index in [9.17, 15) is 4.79 Å². The van der Waals surface area contributed by atoms with E-state index < -0.39 is 0 Å². The summed E-state index contributed by atoms with van der Waals surface area (Å²) in [5.41, 5.74) is 1.20. The number of amides is 1. The van der Waals surface area contributed by atoms with Crippen LogP contribution in [0, 0.1) is 11.8 Å². The van der Waals surface area contributed by atoms with Crippen LogP contribution in [0.15, 0.2) is 24.5 Å². The smallest absolute Gasteiger partial charge is 0.223 e. The predicted molar refractivity (Wildman–Crippen MR) is 87.5 cm³/mol. The molecule has 4 nitrogen and oxygen atoms in total. The van der Waals surface area contributed by atoms with Crippen molar-refractivity contribution in [2.75, 3.05) is 26.2 Å². The van der Waals surface area contributed by atoms with Gasteiger partial charge < -0.3 is 10.2 Å². The van der Waals surface area contributed by atoms with Gasteiger partial charge in [-0.25, -0.2) is 0 Å². The van der Waals surface area contributed by atoms with Crippen molar-refractivity contribution in [3.8, 4) is 0 Å². The van der Waals surface area contributed by atoms with Crippen molar-refractivity contribution in [2.45, 2.75) is 38.5 Å². The molecule has 0 radical (unpaired) electrons. The molecule has 2 fully saturated rings. The maximum atomic E-state index is 12.2. The Morgan fingerprint density at radius 1 is 1.41 bits per heavy atom. The summed E-state index contributed by atoms with van der Waals surface area (Å²) in [6.45, 7) is 6.68. The lowest BCUT2D eigenvalue weighted by Crippen LogP contribution is -2.35. The third-order valence-corrected chi connectivity index (χ3v) is 5.25. The van der Waals surface area contributed by atoms with E-state index in [4.69, 9.17) is 0 Å². The third kappa shape index (κ3) is 3.86. The van der Waals surface area contributed by atoms with Gasteiger partial charge in [-0.1, -0.05) is 13.0 Å². The fourth-order valence-electron chi connectivity index (χ4n) is 3.57. The second-order valence-corrected chi connectivity index (χ2v) is 6.69. The SMILES string of the molecule is CCN1CCC(CCNC(=O)[C@H]2C[C@H]2c2cccnc2)CC1. The predicted octanol–water partition coefficient (Wildman–Crippen LogP) is 2.42. The Hall–Kier alpha value is -1.42. The number of nitrogens with one attached hydrogen (secondary N) is 1. The molecule has 2 heterocycles. The molecule has 2 atom stereocenters. The monoisotopic (exact) mass is 301 g/mol. The summed E-state index contributed by atoms with van der Waals surface area (Å²) < 4.78 is 0. The zero-order valence-corrected chi connectivity index (χ0v) is 13.5. The largest absolute Gasteiger partial charge is 0.356 e. The number of piperidine rings is 1. The van der Waals surface area contributed by atoms with Crippen LogP contribution in [-0.2, 0) is 4.79 Å². The first-order valence-corrected chi connectivity index (χ1v) is 8.68. The highest BCUT2D eigenvalue weighted by Gasteiger charge is 2.43. The van der Waals surface area contributed by atoms with Crippen molar-refractivity contribution in [2.24, 2.45) is 11.8 Å². The average Bonchev–Trinajstić information content (AvgIpc) is 3.37. The molecule has 2 aliphatic rings. The van der Waals surface area contributed by atoms with Crippen molar-refractivity contribution in [1.82, 2.24) is 15.2 Å². The van der Waals surface area contributed by atoms with E-state index in [1.54, 1.807) is 6.20 Å². The van der Waals surface area contributed by atoms with Crippen LogP contribution in [0.25, 0.3) is 0 Å². The molecule has 1 aliphatic carbocycles. The van der Waals surface area contributed by atoms with Crippen LogP contribution in [0.3, 0.4) is 0 Å². The topological polar surface area (TPSA) is 45.2 Å². The minimum absolute atomic E-state index is 0.172. The van der Waals surface area contributed by atoms with Crippen LogP contribution in [-0.4, -0.2) is 42.0 Å². The van der Waals surface area contributed by atoms with E-state index >= 15 is 0 Å². The quantitative estimate of drug-likeness (QED) is 0.877. The fraction of sp³-hybridized carbons (Fsp3) is 0.667. The minimum atomic E-state index is 0.172. The second kappa shape index (κ2) is 7.23. The fourth-order valence-corrected chi connectivity index (χ4v) is 3.57. The first-order valence-electron chi connectivity index (χ1n) is 8.68. The lowest BCUT2D eigenvalue weighted by Gasteiger charge is -2.31. The molecule has 0 unspecified atom stereocenters. The molecule has 1 saturated carbocycles. The van der Waals surface area contributed by atoms with Gasteiger partial charge in [0.1, 0.15) is 0 Å². The highest BCUT2D eigenvalue weighted by molar-refractivity contribution is 5.82. The summed E-state index contributed by atoms with van der Waals surface area (Å²) >= 11 is 0. The molecular formula is C18H27N3O. The normalized spacial score (nSPS) is 25.9. The lowest BCUT2D eigenvalue weighted by atomic mass is 9.93. The van der Waals surface area contributed by atoms with Crippen LogP contribution in [0.2, 0.25) is 0 Å². The molecule has 120 valence electrons. The Balaban J connectivity index is 1.34. The number of nitrogens with zero attached hydrogens (tertiary/aromatic N) is 2. The summed E-state index contributed by atoms with van der Waals surface area (Å²) in [7, 11) is 0. The first-order chi connectivity index (χ1) is 10.8. The van der Waals surface area contributed by atoms with Gasteiger partial charge in [0.2, 0.25) is 5.91 Å². The molecule has 1 aromatic heterocycles. The number of rotatable bonds is 6. The Kier molecular flexibility index (Phi) is 5.08. The zero-order valence-electron chi connectivity index (χ0n) is 13.5. The van der Waals surface area contributed by atoms with Gasteiger partial charge in [-0.3, -0.25) is 9.78 Å². The van der Waals surface area contributed by atoms with Crippen molar-refractivity contribution in [1.29, 1.82) is 0 Å². The van der Waals surface area contributed by atoms with E-state index in [1.165, 1.54) is 38.0 Å². The average molecular weight is 301 g/mol. The molecule has 1 amide bonds. The van der Waals surface area contributed by atoms with Crippen LogP contribution in [0.5, 0.6) is 0 Å². The van der Waals surface area contributed by atoms with Crippen LogP contribution in [0.1, 0.15) is 44.1 Å². The lowest BCUT2D eigenvalue weighted by molar-refractivity contribution is -0.122. The number of pyridine rings is 1. The highest BCUT2D eigenvalue weighted by Crippen LogP contribution is 2.47. The van der Waals surface area contributed by atoms with E-state index in [2.05, 4.69) is 28.2 Å². The number of aromatic nitrogens is 1. The Morgan fingerprint density at radius 3 is 2.91 bits per heavy atom. The van der Waals surface area contributed by atoms with Crippen molar-refractivity contribution < 1.29 is 4.79 Å². The molecule has 0 bridgehead atoms. The maximum Gasteiger partial charge on any atom is 0.223 e. The molecule has 1 saturated heterocycles. The van der Waals surface area contributed by atoms with Gasteiger partial charge in [0.05, 0.1) is 0 Å². The number of carbonyl (C=O) groups is 1. The summed E-state index contributed by atoms with van der Waals surface area (Å²) in [6, 6.07) is 4.03. The van der Waals surface area contributed by atoms with Gasteiger partial charge in [-0.05, 0) is 68.8 Å². The van der Waals surface area contributed by atoms with Gasteiger partial charge in [0.15, 0.2) is 0 Å². The summed E-state index contributed by atoms with van der Waals surface area (Å²) in [5.74, 6) is 1.59. The van der Waals surface area contributed by atoms with Crippen LogP contribution in [0.4, 0.5) is 0 Å². The molecule has 0 spiro atoms. The Morgan fingerprint density at radius 2 is 2.23 bits per heavy atom. The molecule has 3 rings (SSSR count). The molecular weight excluding hydrogens is 274 g/mol. The molecule has 22 heavy (non-hydrogen) atoms. The minimum Gasteiger partial charge on any atom is -0.356 e. The van der Waals surface area contributed by atoms with E-state index in [0.29, 0.717) is 5.92 Å². The number of hydrogen-bond donors (Lipinski definition) is 1. The van der Waals surface area contributed by atoms with Gasteiger partial charge >= 0.3 is 0 Å². The van der Waals surface area contributed by atoms with E-state index in [-0.39, 0.29) is 11.8 Å². The molecule has 4 heteroatoms. The van der Waals surface area contributed by atoms with Crippen molar-refractivity contribution in [3.63, 3.8) is 0 Å². The van der Waals surface area contributed by atoms with E-state index in [1.807, 2.05) is 12.3 Å².